The lowest BCUT2D eigenvalue weighted by molar-refractivity contribution is 0.192. The van der Waals surface area contributed by atoms with E-state index in [1.807, 2.05) is 24.3 Å². The predicted octanol–water partition coefficient (Wildman–Crippen LogP) is 5.63. The number of rotatable bonds is 2. The van der Waals surface area contributed by atoms with E-state index in [2.05, 4.69) is 10.3 Å². The summed E-state index contributed by atoms with van der Waals surface area (Å²) < 4.78 is 28.4. The van der Waals surface area contributed by atoms with Gasteiger partial charge in [0.15, 0.2) is 0 Å². The van der Waals surface area contributed by atoms with Crippen LogP contribution >= 0.6 is 0 Å². The molecule has 30 heavy (non-hydrogen) atoms. The molecule has 1 atom stereocenters. The Labute approximate surface area is 172 Å². The number of nitrogens with zero attached hydrogens (tertiary/aromatic N) is 1. The maximum Gasteiger partial charge on any atom is 0.322 e. The van der Waals surface area contributed by atoms with Crippen molar-refractivity contribution < 1.29 is 13.6 Å². The minimum absolute atomic E-state index is 0.356. The van der Waals surface area contributed by atoms with Crippen LogP contribution in [0.25, 0.3) is 10.9 Å². The molecule has 150 valence electrons. The lowest BCUT2D eigenvalue weighted by atomic mass is 9.92. The third-order valence-electron chi connectivity index (χ3n) is 5.57. The fraction of sp³-hybridized carbons (Fsp3) is 0.125. The van der Waals surface area contributed by atoms with Crippen molar-refractivity contribution in [3.63, 3.8) is 0 Å². The van der Waals surface area contributed by atoms with Crippen LogP contribution in [0.2, 0.25) is 0 Å². The van der Waals surface area contributed by atoms with Crippen LogP contribution in [-0.4, -0.2) is 22.5 Å². The van der Waals surface area contributed by atoms with Gasteiger partial charge in [0.25, 0.3) is 0 Å². The number of carbonyl (C=O) groups is 1. The van der Waals surface area contributed by atoms with Gasteiger partial charge in [0.1, 0.15) is 17.7 Å². The van der Waals surface area contributed by atoms with E-state index < -0.39 is 17.9 Å². The van der Waals surface area contributed by atoms with E-state index in [1.165, 1.54) is 24.3 Å². The first-order chi connectivity index (χ1) is 14.6. The molecule has 2 heterocycles. The van der Waals surface area contributed by atoms with Gasteiger partial charge in [-0.25, -0.2) is 13.6 Å². The number of fused-ring (bicyclic) bond motifs is 3. The Morgan fingerprint density at radius 3 is 2.63 bits per heavy atom. The summed E-state index contributed by atoms with van der Waals surface area (Å²) in [5.74, 6) is -0.812. The molecule has 2 amide bonds. The summed E-state index contributed by atoms with van der Waals surface area (Å²) in [6.07, 6.45) is 0.640. The summed E-state index contributed by atoms with van der Waals surface area (Å²) in [6, 6.07) is 19.1. The molecule has 1 aromatic heterocycles. The average molecular weight is 403 g/mol. The number of carbonyl (C=O) groups excluding carboxylic acids is 1. The van der Waals surface area contributed by atoms with Crippen LogP contribution in [0.3, 0.4) is 0 Å². The highest BCUT2D eigenvalue weighted by Crippen LogP contribution is 2.39. The third-order valence-corrected chi connectivity index (χ3v) is 5.57. The summed E-state index contributed by atoms with van der Waals surface area (Å²) in [5, 5.41) is 3.83. The fourth-order valence-corrected chi connectivity index (χ4v) is 4.24. The molecule has 0 spiro atoms. The van der Waals surface area contributed by atoms with E-state index in [0.717, 1.165) is 22.2 Å². The Balaban J connectivity index is 1.60. The normalized spacial score (nSPS) is 15.8. The van der Waals surface area contributed by atoms with Gasteiger partial charge < -0.3 is 15.2 Å². The molecule has 2 N–H and O–H groups in total. The second kappa shape index (κ2) is 7.30. The zero-order chi connectivity index (χ0) is 20.7. The lowest BCUT2D eigenvalue weighted by Gasteiger charge is -2.36. The number of urea groups is 1. The topological polar surface area (TPSA) is 48.1 Å². The predicted molar refractivity (Wildman–Crippen MR) is 112 cm³/mol. The third kappa shape index (κ3) is 3.10. The van der Waals surface area contributed by atoms with Gasteiger partial charge >= 0.3 is 6.03 Å². The molecule has 5 rings (SSSR count). The van der Waals surface area contributed by atoms with E-state index in [9.17, 15) is 13.6 Å². The van der Waals surface area contributed by atoms with Gasteiger partial charge in [0, 0.05) is 34.4 Å². The molecule has 3 aromatic carbocycles. The molecule has 0 unspecified atom stereocenters. The van der Waals surface area contributed by atoms with Crippen molar-refractivity contribution in [2.45, 2.75) is 12.5 Å². The van der Waals surface area contributed by atoms with Gasteiger partial charge in [0.2, 0.25) is 0 Å². The van der Waals surface area contributed by atoms with Gasteiger partial charge in [0.05, 0.1) is 0 Å². The minimum atomic E-state index is -0.615. The first-order valence-corrected chi connectivity index (χ1v) is 9.79. The molecule has 6 heteroatoms. The zero-order valence-corrected chi connectivity index (χ0v) is 16.0. The second-order valence-corrected chi connectivity index (χ2v) is 7.37. The summed E-state index contributed by atoms with van der Waals surface area (Å²) >= 11 is 0. The molecule has 0 saturated heterocycles. The number of H-pyrrole nitrogens is 1. The quantitative estimate of drug-likeness (QED) is 0.448. The molecule has 0 bridgehead atoms. The maximum atomic E-state index is 14.8. The SMILES string of the molecule is O=C(Nc1cccc(F)c1)N1CCc2c([nH]c3ccccc23)[C@@H]1c1ccccc1F. The molecule has 1 aliphatic heterocycles. The van der Waals surface area contributed by atoms with Crippen LogP contribution in [0.4, 0.5) is 19.3 Å². The summed E-state index contributed by atoms with van der Waals surface area (Å²) in [5.41, 5.74) is 3.63. The van der Waals surface area contributed by atoms with Crippen LogP contribution in [0, 0.1) is 11.6 Å². The number of para-hydroxylation sites is 1. The number of aromatic nitrogens is 1. The number of benzene rings is 3. The highest BCUT2D eigenvalue weighted by molar-refractivity contribution is 5.91. The van der Waals surface area contributed by atoms with Gasteiger partial charge in [-0.3, -0.25) is 0 Å². The first-order valence-electron chi connectivity index (χ1n) is 9.79. The Morgan fingerprint density at radius 2 is 1.80 bits per heavy atom. The number of amides is 2. The van der Waals surface area contributed by atoms with Gasteiger partial charge in [-0.1, -0.05) is 42.5 Å². The standard InChI is InChI=1S/C24H19F2N3O/c25-15-6-5-7-16(14-15)27-24(30)29-13-12-18-17-8-2-4-11-21(17)28-22(18)23(29)19-9-1-3-10-20(19)26/h1-11,14,23,28H,12-13H2,(H,27,30)/t23-/m0/s1. The minimum Gasteiger partial charge on any atom is -0.356 e. The Morgan fingerprint density at radius 1 is 1.00 bits per heavy atom. The summed E-state index contributed by atoms with van der Waals surface area (Å²) in [6.45, 7) is 0.412. The number of aromatic amines is 1. The van der Waals surface area contributed by atoms with Gasteiger partial charge in [-0.2, -0.15) is 0 Å². The van der Waals surface area contributed by atoms with E-state index in [-0.39, 0.29) is 5.82 Å². The molecule has 0 aliphatic carbocycles. The van der Waals surface area contributed by atoms with Crippen LogP contribution in [0.5, 0.6) is 0 Å². The molecule has 4 nitrogen and oxygen atoms in total. The zero-order valence-electron chi connectivity index (χ0n) is 16.0. The Hall–Kier alpha value is -3.67. The lowest BCUT2D eigenvalue weighted by Crippen LogP contribution is -2.43. The smallest absolute Gasteiger partial charge is 0.322 e. The summed E-state index contributed by atoms with van der Waals surface area (Å²) in [4.78, 5) is 18.2. The molecule has 4 aromatic rings. The summed E-state index contributed by atoms with van der Waals surface area (Å²) in [7, 11) is 0. The molecule has 1 aliphatic rings. The average Bonchev–Trinajstić information content (AvgIpc) is 3.12. The number of hydrogen-bond donors (Lipinski definition) is 2. The monoisotopic (exact) mass is 403 g/mol. The van der Waals surface area contributed by atoms with Crippen molar-refractivity contribution in [1.29, 1.82) is 0 Å². The van der Waals surface area contributed by atoms with E-state index in [1.54, 1.807) is 29.2 Å². The molecular weight excluding hydrogens is 384 g/mol. The van der Waals surface area contributed by atoms with E-state index in [4.69, 9.17) is 0 Å². The number of nitrogens with one attached hydrogen (secondary N) is 2. The van der Waals surface area contributed by atoms with Crippen molar-refractivity contribution in [1.82, 2.24) is 9.88 Å². The van der Waals surface area contributed by atoms with Crippen molar-refractivity contribution in [3.8, 4) is 0 Å². The molecule has 0 fully saturated rings. The largest absolute Gasteiger partial charge is 0.356 e. The Kier molecular flexibility index (Phi) is 4.47. The van der Waals surface area contributed by atoms with Crippen molar-refractivity contribution in [2.24, 2.45) is 0 Å². The number of hydrogen-bond acceptors (Lipinski definition) is 1. The van der Waals surface area contributed by atoms with E-state index in [0.29, 0.717) is 24.2 Å². The van der Waals surface area contributed by atoms with Crippen molar-refractivity contribution in [2.75, 3.05) is 11.9 Å². The molecule has 0 radical (unpaired) electrons. The molecule has 0 saturated carbocycles. The number of anilines is 1. The highest BCUT2D eigenvalue weighted by atomic mass is 19.1. The van der Waals surface area contributed by atoms with Crippen LogP contribution < -0.4 is 5.32 Å². The molecular formula is C24H19F2N3O. The van der Waals surface area contributed by atoms with E-state index >= 15 is 0 Å². The maximum absolute atomic E-state index is 14.8. The number of halogens is 2. The first kappa shape index (κ1) is 18.4. The van der Waals surface area contributed by atoms with Crippen LogP contribution in [-0.2, 0) is 6.42 Å². The second-order valence-electron chi connectivity index (χ2n) is 7.37. The van der Waals surface area contributed by atoms with Crippen molar-refractivity contribution in [3.05, 3.63) is 101 Å². The van der Waals surface area contributed by atoms with Crippen LogP contribution in [0.1, 0.15) is 22.9 Å². The van der Waals surface area contributed by atoms with Gasteiger partial charge in [-0.05, 0) is 42.3 Å². The Bertz CT molecular complexity index is 1250. The van der Waals surface area contributed by atoms with Crippen LogP contribution in [0.15, 0.2) is 72.8 Å². The van der Waals surface area contributed by atoms with Crippen molar-refractivity contribution >= 4 is 22.6 Å². The fourth-order valence-electron chi connectivity index (χ4n) is 4.24. The van der Waals surface area contributed by atoms with Gasteiger partial charge in [-0.15, -0.1) is 0 Å². The highest BCUT2D eigenvalue weighted by Gasteiger charge is 2.36.